The fourth-order valence-electron chi connectivity index (χ4n) is 5.25. The van der Waals surface area contributed by atoms with Crippen molar-refractivity contribution in [3.8, 4) is 5.75 Å². The molecule has 0 radical (unpaired) electrons. The van der Waals surface area contributed by atoms with Crippen LogP contribution in [-0.4, -0.2) is 41.1 Å². The number of aliphatic hydroxyl groups is 2. The Labute approximate surface area is 187 Å². The SMILES string of the molecule is C=C1C(C(N)=O)=C(O)CC2C[C@@H]3Cc4c(N(C)C)cc(I)c(O)c4C(=O)C3=C(O)C12. The number of carbonyl (C=O) groups excluding carboxylic acids is 2. The van der Waals surface area contributed by atoms with Crippen molar-refractivity contribution in [3.05, 3.63) is 55.6 Å². The largest absolute Gasteiger partial charge is 0.511 e. The monoisotopic (exact) mass is 522 g/mol. The zero-order chi connectivity index (χ0) is 22.1. The van der Waals surface area contributed by atoms with Crippen LogP contribution in [0, 0.1) is 21.3 Å². The summed E-state index contributed by atoms with van der Waals surface area (Å²) in [5.41, 5.74) is 7.66. The predicted octanol–water partition coefficient (Wildman–Crippen LogP) is 3.12. The number of rotatable bonds is 2. The highest BCUT2D eigenvalue weighted by Gasteiger charge is 2.48. The van der Waals surface area contributed by atoms with Gasteiger partial charge in [-0.15, -0.1) is 0 Å². The van der Waals surface area contributed by atoms with Crippen molar-refractivity contribution in [2.24, 2.45) is 23.5 Å². The summed E-state index contributed by atoms with van der Waals surface area (Å²) >= 11 is 1.99. The van der Waals surface area contributed by atoms with E-state index in [1.54, 1.807) is 0 Å². The van der Waals surface area contributed by atoms with E-state index in [0.717, 1.165) is 11.3 Å². The Bertz CT molecular complexity index is 1090. The molecule has 3 atom stereocenters. The maximum atomic E-state index is 13.5. The van der Waals surface area contributed by atoms with E-state index in [2.05, 4.69) is 6.58 Å². The third-order valence-electron chi connectivity index (χ3n) is 6.47. The maximum absolute atomic E-state index is 13.5. The zero-order valence-electron chi connectivity index (χ0n) is 16.7. The molecule has 0 aliphatic heterocycles. The number of amides is 1. The lowest BCUT2D eigenvalue weighted by atomic mass is 9.61. The summed E-state index contributed by atoms with van der Waals surface area (Å²) in [6.45, 7) is 3.90. The Balaban J connectivity index is 1.89. The Morgan fingerprint density at radius 1 is 1.27 bits per heavy atom. The Morgan fingerprint density at radius 3 is 2.53 bits per heavy atom. The minimum Gasteiger partial charge on any atom is -0.511 e. The van der Waals surface area contributed by atoms with Crippen molar-refractivity contribution < 1.29 is 24.9 Å². The number of aliphatic hydroxyl groups excluding tert-OH is 2. The molecule has 158 valence electrons. The van der Waals surface area contributed by atoms with Crippen molar-refractivity contribution in [2.75, 3.05) is 19.0 Å². The van der Waals surface area contributed by atoms with E-state index in [1.165, 1.54) is 0 Å². The fraction of sp³-hybridized carbons (Fsp3) is 0.364. The van der Waals surface area contributed by atoms with Gasteiger partial charge < -0.3 is 26.0 Å². The van der Waals surface area contributed by atoms with Gasteiger partial charge in [0.15, 0.2) is 5.78 Å². The number of primary amides is 1. The van der Waals surface area contributed by atoms with Crippen LogP contribution in [0.3, 0.4) is 0 Å². The Morgan fingerprint density at radius 2 is 1.93 bits per heavy atom. The van der Waals surface area contributed by atoms with Crippen LogP contribution < -0.4 is 10.6 Å². The van der Waals surface area contributed by atoms with Crippen LogP contribution in [0.1, 0.15) is 28.8 Å². The van der Waals surface area contributed by atoms with Crippen LogP contribution in [0.2, 0.25) is 0 Å². The van der Waals surface area contributed by atoms with Crippen LogP contribution in [0.15, 0.2) is 40.9 Å². The molecule has 0 spiro atoms. The first kappa shape index (κ1) is 20.8. The first-order valence-corrected chi connectivity index (χ1v) is 10.7. The second kappa shape index (κ2) is 7.04. The molecule has 7 nitrogen and oxygen atoms in total. The lowest BCUT2D eigenvalue weighted by Crippen LogP contribution is -2.40. The molecule has 1 amide bonds. The third-order valence-corrected chi connectivity index (χ3v) is 7.29. The number of carbonyl (C=O) groups is 2. The second-order valence-electron chi connectivity index (χ2n) is 8.39. The van der Waals surface area contributed by atoms with E-state index in [9.17, 15) is 24.9 Å². The first-order valence-electron chi connectivity index (χ1n) is 9.65. The number of halogens is 1. The van der Waals surface area contributed by atoms with Crippen molar-refractivity contribution in [1.82, 2.24) is 0 Å². The predicted molar refractivity (Wildman–Crippen MR) is 121 cm³/mol. The van der Waals surface area contributed by atoms with Gasteiger partial charge in [0.1, 0.15) is 17.3 Å². The molecule has 0 saturated carbocycles. The average Bonchev–Trinajstić information content (AvgIpc) is 2.63. The summed E-state index contributed by atoms with van der Waals surface area (Å²) in [5, 5.41) is 32.1. The van der Waals surface area contributed by atoms with Crippen LogP contribution in [0.5, 0.6) is 5.75 Å². The molecular formula is C22H23IN2O5. The summed E-state index contributed by atoms with van der Waals surface area (Å²) in [6, 6.07) is 1.85. The lowest BCUT2D eigenvalue weighted by molar-refractivity contribution is -0.114. The highest BCUT2D eigenvalue weighted by Crippen LogP contribution is 2.53. The molecule has 1 aromatic carbocycles. The number of Topliss-reactive ketones (excluding diaryl/α,β-unsaturated/α-hetero) is 1. The van der Waals surface area contributed by atoms with E-state index in [1.807, 2.05) is 47.7 Å². The number of benzene rings is 1. The number of phenols is 1. The lowest BCUT2D eigenvalue weighted by Gasteiger charge is -2.43. The smallest absolute Gasteiger partial charge is 0.252 e. The second-order valence-corrected chi connectivity index (χ2v) is 9.55. The molecule has 5 N–H and O–H groups in total. The van der Waals surface area contributed by atoms with Crippen molar-refractivity contribution >= 4 is 40.0 Å². The summed E-state index contributed by atoms with van der Waals surface area (Å²) in [7, 11) is 3.76. The van der Waals surface area contributed by atoms with Gasteiger partial charge in [-0.3, -0.25) is 9.59 Å². The number of ketones is 1. The van der Waals surface area contributed by atoms with Gasteiger partial charge in [-0.25, -0.2) is 0 Å². The quantitative estimate of drug-likeness (QED) is 0.443. The van der Waals surface area contributed by atoms with E-state index in [0.29, 0.717) is 16.4 Å². The van der Waals surface area contributed by atoms with Crippen LogP contribution in [0.25, 0.3) is 0 Å². The van der Waals surface area contributed by atoms with E-state index >= 15 is 0 Å². The number of hydrogen-bond acceptors (Lipinski definition) is 6. The number of nitrogens with zero attached hydrogens (tertiary/aromatic N) is 1. The number of phenolic OH excluding ortho intramolecular Hbond substituents is 1. The fourth-order valence-corrected chi connectivity index (χ4v) is 5.81. The number of nitrogens with two attached hydrogens (primary N) is 1. The van der Waals surface area contributed by atoms with Gasteiger partial charge in [0, 0.05) is 37.7 Å². The van der Waals surface area contributed by atoms with E-state index < -0.39 is 17.6 Å². The van der Waals surface area contributed by atoms with Crippen molar-refractivity contribution in [1.29, 1.82) is 0 Å². The minimum atomic E-state index is -0.806. The molecule has 0 bridgehead atoms. The number of aromatic hydroxyl groups is 1. The number of fused-ring (bicyclic) bond motifs is 3. The van der Waals surface area contributed by atoms with Crippen LogP contribution in [0.4, 0.5) is 5.69 Å². The molecule has 4 rings (SSSR count). The first-order chi connectivity index (χ1) is 14.0. The number of anilines is 1. The molecule has 8 heteroatoms. The molecule has 30 heavy (non-hydrogen) atoms. The average molecular weight is 522 g/mol. The summed E-state index contributed by atoms with van der Waals surface area (Å²) < 4.78 is 0.557. The van der Waals surface area contributed by atoms with Crippen LogP contribution >= 0.6 is 22.6 Å². The summed E-state index contributed by atoms with van der Waals surface area (Å²) in [6.07, 6.45) is 1.22. The molecule has 0 heterocycles. The van der Waals surface area contributed by atoms with E-state index in [4.69, 9.17) is 5.73 Å². The number of allylic oxidation sites excluding steroid dienone is 3. The summed E-state index contributed by atoms with van der Waals surface area (Å²) in [5.74, 6) is -2.63. The van der Waals surface area contributed by atoms with Gasteiger partial charge in [0.2, 0.25) is 0 Å². The third kappa shape index (κ3) is 2.84. The van der Waals surface area contributed by atoms with Gasteiger partial charge in [0.25, 0.3) is 5.91 Å². The maximum Gasteiger partial charge on any atom is 0.252 e. The van der Waals surface area contributed by atoms with Crippen molar-refractivity contribution in [2.45, 2.75) is 19.3 Å². The molecule has 0 saturated heterocycles. The van der Waals surface area contributed by atoms with Gasteiger partial charge in [0.05, 0.1) is 14.7 Å². The minimum absolute atomic E-state index is 0.0715. The van der Waals surface area contributed by atoms with Gasteiger partial charge >= 0.3 is 0 Å². The molecule has 3 aliphatic carbocycles. The standard InChI is InChI=1S/C22H23IN2O5/c1-8-15-10(6-14(26)16(8)22(24)30)4-9-5-11-13(25(2)3)7-12(23)19(27)18(11)21(29)17(9)20(15)28/h7,9-10,15,26-28H,1,4-6H2,2-3H3,(H2,24,30)/t9-,10?,15?/m1/s1. The Hall–Kier alpha value is -2.49. The molecule has 0 aromatic heterocycles. The van der Waals surface area contributed by atoms with Gasteiger partial charge in [-0.2, -0.15) is 0 Å². The highest BCUT2D eigenvalue weighted by molar-refractivity contribution is 14.1. The molecule has 1 aromatic rings. The molecule has 3 aliphatic rings. The zero-order valence-corrected chi connectivity index (χ0v) is 18.9. The molecule has 0 fully saturated rings. The molecule has 2 unspecified atom stereocenters. The summed E-state index contributed by atoms with van der Waals surface area (Å²) in [4.78, 5) is 27.2. The normalized spacial score (nSPS) is 25.6. The van der Waals surface area contributed by atoms with Crippen molar-refractivity contribution in [3.63, 3.8) is 0 Å². The Kier molecular flexibility index (Phi) is 4.87. The van der Waals surface area contributed by atoms with Gasteiger partial charge in [-0.1, -0.05) is 6.58 Å². The molecular weight excluding hydrogens is 499 g/mol. The highest BCUT2D eigenvalue weighted by atomic mass is 127. The van der Waals surface area contributed by atoms with Gasteiger partial charge in [-0.05, 0) is 64.5 Å². The number of hydrogen-bond donors (Lipinski definition) is 4. The topological polar surface area (TPSA) is 124 Å². The van der Waals surface area contributed by atoms with Crippen LogP contribution in [-0.2, 0) is 11.2 Å². The van der Waals surface area contributed by atoms with E-state index in [-0.39, 0.29) is 57.8 Å².